The van der Waals surface area contributed by atoms with Crippen LogP contribution in [-0.4, -0.2) is 21.7 Å². The maximum absolute atomic E-state index is 12.1. The van der Waals surface area contributed by atoms with Crippen LogP contribution in [0.2, 0.25) is 0 Å². The topological polar surface area (TPSA) is 87.7 Å². The zero-order valence-electron chi connectivity index (χ0n) is 12.7. The van der Waals surface area contributed by atoms with Crippen LogP contribution in [0.15, 0.2) is 52.0 Å². The molecule has 3 rings (SSSR count). The van der Waals surface area contributed by atoms with Crippen molar-refractivity contribution in [2.75, 3.05) is 0 Å². The first-order valence-corrected chi connectivity index (χ1v) is 7.05. The molecule has 0 saturated carbocycles. The van der Waals surface area contributed by atoms with Gasteiger partial charge in [0.05, 0.1) is 5.56 Å². The second-order valence-corrected chi connectivity index (χ2v) is 5.15. The van der Waals surface area contributed by atoms with Crippen molar-refractivity contribution >= 4 is 22.7 Å². The lowest BCUT2D eigenvalue weighted by molar-refractivity contribution is 0.0952. The van der Waals surface area contributed by atoms with Gasteiger partial charge in [-0.3, -0.25) is 4.79 Å². The number of phenols is 1. The first-order chi connectivity index (χ1) is 11.0. The van der Waals surface area contributed by atoms with Gasteiger partial charge in [0.25, 0.3) is 5.91 Å². The standard InChI is InChI=1S/C17H15N3O3/c1-10-7-8-14(21)12(9-10)16(22)20-19-11(2)17-18-13-5-3-4-6-15(13)23-17/h3-9,21H,1-2H3,(H,20,22). The number of fused-ring (bicyclic) bond motifs is 1. The first kappa shape index (κ1) is 14.8. The largest absolute Gasteiger partial charge is 0.507 e. The SMILES string of the molecule is CC(=NNC(=O)c1cc(C)ccc1O)c1nc2ccccc2o1. The minimum Gasteiger partial charge on any atom is -0.507 e. The molecule has 23 heavy (non-hydrogen) atoms. The number of benzene rings is 2. The third kappa shape index (κ3) is 3.06. The van der Waals surface area contributed by atoms with Crippen LogP contribution in [0.3, 0.4) is 0 Å². The molecule has 3 aromatic rings. The summed E-state index contributed by atoms with van der Waals surface area (Å²) in [6, 6.07) is 12.1. The Morgan fingerprint density at radius 1 is 1.26 bits per heavy atom. The molecule has 0 spiro atoms. The van der Waals surface area contributed by atoms with E-state index in [1.165, 1.54) is 6.07 Å². The van der Waals surface area contributed by atoms with Crippen LogP contribution >= 0.6 is 0 Å². The van der Waals surface area contributed by atoms with Crippen LogP contribution in [0.25, 0.3) is 11.1 Å². The number of aryl methyl sites for hydroxylation is 1. The fourth-order valence-corrected chi connectivity index (χ4v) is 2.10. The van der Waals surface area contributed by atoms with Crippen LogP contribution in [0.1, 0.15) is 28.7 Å². The van der Waals surface area contributed by atoms with E-state index in [9.17, 15) is 9.90 Å². The molecule has 0 fully saturated rings. The van der Waals surface area contributed by atoms with Crippen molar-refractivity contribution in [2.45, 2.75) is 13.8 Å². The Kier molecular flexibility index (Phi) is 3.80. The Bertz CT molecular complexity index is 879. The van der Waals surface area contributed by atoms with Gasteiger partial charge in [0.1, 0.15) is 17.0 Å². The van der Waals surface area contributed by atoms with E-state index < -0.39 is 5.91 Å². The highest BCUT2D eigenvalue weighted by Crippen LogP contribution is 2.18. The summed E-state index contributed by atoms with van der Waals surface area (Å²) in [7, 11) is 0. The number of phenolic OH excluding ortho intramolecular Hbond substituents is 1. The molecule has 2 N–H and O–H groups in total. The van der Waals surface area contributed by atoms with Crippen molar-refractivity contribution in [3.05, 3.63) is 59.5 Å². The number of oxazole rings is 1. The van der Waals surface area contributed by atoms with Gasteiger partial charge in [0.2, 0.25) is 5.89 Å². The van der Waals surface area contributed by atoms with Crippen LogP contribution in [0.4, 0.5) is 0 Å². The van der Waals surface area contributed by atoms with Crippen molar-refractivity contribution in [3.8, 4) is 5.75 Å². The monoisotopic (exact) mass is 309 g/mol. The third-order valence-electron chi connectivity index (χ3n) is 3.33. The summed E-state index contributed by atoms with van der Waals surface area (Å²) in [6.45, 7) is 3.52. The van der Waals surface area contributed by atoms with Gasteiger partial charge in [0, 0.05) is 0 Å². The van der Waals surface area contributed by atoms with E-state index >= 15 is 0 Å². The van der Waals surface area contributed by atoms with Gasteiger partial charge in [-0.25, -0.2) is 10.4 Å². The molecule has 6 heteroatoms. The summed E-state index contributed by atoms with van der Waals surface area (Å²) in [6.07, 6.45) is 0. The zero-order chi connectivity index (χ0) is 16.4. The van der Waals surface area contributed by atoms with Crippen molar-refractivity contribution in [2.24, 2.45) is 5.10 Å². The van der Waals surface area contributed by atoms with Gasteiger partial charge in [-0.05, 0) is 38.1 Å². The number of amides is 1. The summed E-state index contributed by atoms with van der Waals surface area (Å²) >= 11 is 0. The third-order valence-corrected chi connectivity index (χ3v) is 3.33. The molecule has 0 saturated heterocycles. The van der Waals surface area contributed by atoms with Crippen LogP contribution in [0.5, 0.6) is 5.75 Å². The van der Waals surface area contributed by atoms with Crippen LogP contribution < -0.4 is 5.43 Å². The summed E-state index contributed by atoms with van der Waals surface area (Å²) in [5.41, 5.74) is 5.24. The van der Waals surface area contributed by atoms with Crippen molar-refractivity contribution in [1.29, 1.82) is 0 Å². The van der Waals surface area contributed by atoms with Gasteiger partial charge in [0.15, 0.2) is 5.58 Å². The number of nitrogens with one attached hydrogen (secondary N) is 1. The second-order valence-electron chi connectivity index (χ2n) is 5.15. The normalized spacial score (nSPS) is 11.7. The van der Waals surface area contributed by atoms with Crippen molar-refractivity contribution in [3.63, 3.8) is 0 Å². The minimum absolute atomic E-state index is 0.0946. The number of aromatic nitrogens is 1. The Morgan fingerprint density at radius 3 is 2.83 bits per heavy atom. The van der Waals surface area contributed by atoms with E-state index in [0.717, 1.165) is 11.1 Å². The number of carbonyl (C=O) groups is 1. The molecule has 1 aromatic heterocycles. The molecule has 0 atom stereocenters. The highest BCUT2D eigenvalue weighted by Gasteiger charge is 2.12. The van der Waals surface area contributed by atoms with Gasteiger partial charge in [-0.1, -0.05) is 23.8 Å². The molecular formula is C17H15N3O3. The van der Waals surface area contributed by atoms with E-state index in [1.54, 1.807) is 19.1 Å². The highest BCUT2D eigenvalue weighted by molar-refractivity contribution is 6.00. The molecule has 0 aliphatic rings. The Hall–Kier alpha value is -3.15. The molecule has 1 amide bonds. The maximum atomic E-state index is 12.1. The lowest BCUT2D eigenvalue weighted by Crippen LogP contribution is -2.19. The fraction of sp³-hybridized carbons (Fsp3) is 0.118. The molecule has 0 aliphatic carbocycles. The number of hydrazone groups is 1. The van der Waals surface area contributed by atoms with E-state index in [2.05, 4.69) is 15.5 Å². The number of rotatable bonds is 3. The molecule has 0 aliphatic heterocycles. The quantitative estimate of drug-likeness (QED) is 0.575. The average molecular weight is 309 g/mol. The zero-order valence-corrected chi connectivity index (χ0v) is 12.7. The van der Waals surface area contributed by atoms with Gasteiger partial charge >= 0.3 is 0 Å². The Labute approximate surface area is 132 Å². The molecule has 1 heterocycles. The van der Waals surface area contributed by atoms with E-state index in [-0.39, 0.29) is 11.3 Å². The van der Waals surface area contributed by atoms with Crippen molar-refractivity contribution in [1.82, 2.24) is 10.4 Å². The Morgan fingerprint density at radius 2 is 2.04 bits per heavy atom. The molecular weight excluding hydrogens is 294 g/mol. The summed E-state index contributed by atoms with van der Waals surface area (Å²) in [5.74, 6) is -0.260. The van der Waals surface area contributed by atoms with Gasteiger partial charge in [-0.15, -0.1) is 0 Å². The molecule has 6 nitrogen and oxygen atoms in total. The van der Waals surface area contributed by atoms with Crippen LogP contribution in [-0.2, 0) is 0 Å². The average Bonchev–Trinajstić information content (AvgIpc) is 2.98. The fourth-order valence-electron chi connectivity index (χ4n) is 2.10. The predicted molar refractivity (Wildman–Crippen MR) is 86.5 cm³/mol. The van der Waals surface area contributed by atoms with Crippen molar-refractivity contribution < 1.29 is 14.3 Å². The number of aromatic hydroxyl groups is 1. The van der Waals surface area contributed by atoms with E-state index in [0.29, 0.717) is 17.2 Å². The number of para-hydroxylation sites is 2. The smallest absolute Gasteiger partial charge is 0.275 e. The predicted octanol–water partition coefficient (Wildman–Crippen LogP) is 3.00. The lowest BCUT2D eigenvalue weighted by atomic mass is 10.1. The summed E-state index contributed by atoms with van der Waals surface area (Å²) in [5, 5.41) is 13.7. The highest BCUT2D eigenvalue weighted by atomic mass is 16.3. The van der Waals surface area contributed by atoms with E-state index in [1.807, 2.05) is 31.2 Å². The second kappa shape index (κ2) is 5.92. The number of carbonyl (C=O) groups excluding carboxylic acids is 1. The van der Waals surface area contributed by atoms with Gasteiger partial charge in [-0.2, -0.15) is 5.10 Å². The lowest BCUT2D eigenvalue weighted by Gasteiger charge is -2.04. The molecule has 2 aromatic carbocycles. The molecule has 0 unspecified atom stereocenters. The summed E-state index contributed by atoms with van der Waals surface area (Å²) in [4.78, 5) is 16.4. The van der Waals surface area contributed by atoms with Crippen LogP contribution in [0, 0.1) is 6.92 Å². The number of nitrogens with zero attached hydrogens (tertiary/aromatic N) is 2. The van der Waals surface area contributed by atoms with Gasteiger partial charge < -0.3 is 9.52 Å². The minimum atomic E-state index is -0.498. The first-order valence-electron chi connectivity index (χ1n) is 7.05. The maximum Gasteiger partial charge on any atom is 0.275 e. The summed E-state index contributed by atoms with van der Waals surface area (Å²) < 4.78 is 5.57. The number of hydrogen-bond donors (Lipinski definition) is 2. The number of hydrogen-bond acceptors (Lipinski definition) is 5. The molecule has 116 valence electrons. The molecule has 0 radical (unpaired) electrons. The molecule has 0 bridgehead atoms. The Balaban J connectivity index is 1.81. The van der Waals surface area contributed by atoms with E-state index in [4.69, 9.17) is 4.42 Å².